The molecule has 0 radical (unpaired) electrons. The van der Waals surface area contributed by atoms with Crippen LogP contribution in [-0.2, 0) is 0 Å². The molecule has 0 aliphatic heterocycles. The minimum absolute atomic E-state index is 1.10. The van der Waals surface area contributed by atoms with Crippen LogP contribution < -0.4 is 0 Å². The Morgan fingerprint density at radius 3 is 2.28 bits per heavy atom. The zero-order valence-corrected chi connectivity index (χ0v) is 16.3. The Morgan fingerprint density at radius 2 is 1.41 bits per heavy atom. The van der Waals surface area contributed by atoms with Crippen LogP contribution >= 0.6 is 0 Å². The van der Waals surface area contributed by atoms with Gasteiger partial charge in [-0.3, -0.25) is 4.98 Å². The lowest BCUT2D eigenvalue weighted by atomic mass is 10.00. The second kappa shape index (κ2) is 5.03. The first kappa shape index (κ1) is 15.3. The summed E-state index contributed by atoms with van der Waals surface area (Å²) in [4.78, 5) is 4.86. The quantitative estimate of drug-likeness (QED) is 0.205. The molecule has 0 saturated carbocycles. The predicted molar refractivity (Wildman–Crippen MR) is 123 cm³/mol. The lowest BCUT2D eigenvalue weighted by Gasteiger charge is -2.13. The van der Waals surface area contributed by atoms with Crippen molar-refractivity contribution in [1.29, 1.82) is 0 Å². The molecule has 7 rings (SSSR count). The third kappa shape index (κ3) is 1.79. The van der Waals surface area contributed by atoms with Crippen molar-refractivity contribution in [1.82, 2.24) is 9.38 Å². The summed E-state index contributed by atoms with van der Waals surface area (Å²) in [5.74, 6) is 0. The third-order valence-electron chi connectivity index (χ3n) is 6.63. The van der Waals surface area contributed by atoms with Gasteiger partial charge in [0.05, 0.1) is 22.1 Å². The maximum atomic E-state index is 4.86. The zero-order valence-electron chi connectivity index (χ0n) is 16.3. The molecule has 3 aromatic heterocycles. The van der Waals surface area contributed by atoms with Gasteiger partial charge in [-0.15, -0.1) is 0 Å². The van der Waals surface area contributed by atoms with Crippen LogP contribution in [0.5, 0.6) is 0 Å². The Hall–Kier alpha value is -3.65. The molecule has 2 heteroatoms. The van der Waals surface area contributed by atoms with E-state index in [1.807, 2.05) is 6.20 Å². The number of nitrogens with zero attached hydrogens (tertiary/aromatic N) is 2. The van der Waals surface area contributed by atoms with E-state index in [-0.39, 0.29) is 0 Å². The van der Waals surface area contributed by atoms with Crippen LogP contribution in [0.4, 0.5) is 0 Å². The molecule has 0 atom stereocenters. The van der Waals surface area contributed by atoms with Crippen LogP contribution in [0.15, 0.2) is 72.9 Å². The zero-order chi connectivity index (χ0) is 19.3. The molecule has 0 amide bonds. The summed E-state index contributed by atoms with van der Waals surface area (Å²) in [6.07, 6.45) is 1.94. The van der Waals surface area contributed by atoms with Crippen molar-refractivity contribution in [2.24, 2.45) is 0 Å². The summed E-state index contributed by atoms with van der Waals surface area (Å²) < 4.78 is 2.47. The molecule has 4 aromatic carbocycles. The summed E-state index contributed by atoms with van der Waals surface area (Å²) in [5.41, 5.74) is 7.55. The van der Waals surface area contributed by atoms with Crippen LogP contribution in [-0.4, -0.2) is 9.38 Å². The molecule has 0 saturated heterocycles. The summed E-state index contributed by atoms with van der Waals surface area (Å²) in [7, 11) is 0. The van der Waals surface area contributed by atoms with E-state index in [1.165, 1.54) is 65.4 Å². The fourth-order valence-electron chi connectivity index (χ4n) is 5.08. The van der Waals surface area contributed by atoms with Crippen molar-refractivity contribution >= 4 is 59.8 Å². The van der Waals surface area contributed by atoms with Crippen molar-refractivity contribution in [2.45, 2.75) is 13.8 Å². The van der Waals surface area contributed by atoms with Gasteiger partial charge in [-0.05, 0) is 71.5 Å². The van der Waals surface area contributed by atoms with Gasteiger partial charge in [0, 0.05) is 27.7 Å². The number of benzene rings is 4. The van der Waals surface area contributed by atoms with Gasteiger partial charge in [0.2, 0.25) is 0 Å². The van der Waals surface area contributed by atoms with E-state index in [1.54, 1.807) is 0 Å². The number of fused-ring (bicyclic) bond motifs is 7. The van der Waals surface area contributed by atoms with Gasteiger partial charge in [-0.1, -0.05) is 36.4 Å². The summed E-state index contributed by atoms with van der Waals surface area (Å²) >= 11 is 0. The SMILES string of the molecule is Cc1cc2c3ccc4ccnc5c6cc7ccccc7cc6n(c2cc1C)c3c45. The Morgan fingerprint density at radius 1 is 0.655 bits per heavy atom. The fourth-order valence-corrected chi connectivity index (χ4v) is 5.08. The summed E-state index contributed by atoms with van der Waals surface area (Å²) in [6, 6.07) is 24.6. The molecule has 0 N–H and O–H groups in total. The van der Waals surface area contributed by atoms with E-state index in [9.17, 15) is 0 Å². The van der Waals surface area contributed by atoms with Gasteiger partial charge in [0.1, 0.15) is 0 Å². The lowest BCUT2D eigenvalue weighted by Crippen LogP contribution is -1.94. The third-order valence-corrected chi connectivity index (χ3v) is 6.63. The Bertz CT molecular complexity index is 1770. The molecule has 0 fully saturated rings. The molecule has 29 heavy (non-hydrogen) atoms. The minimum Gasteiger partial charge on any atom is -0.308 e. The van der Waals surface area contributed by atoms with Crippen LogP contribution in [0.1, 0.15) is 11.1 Å². The maximum absolute atomic E-state index is 4.86. The van der Waals surface area contributed by atoms with Crippen molar-refractivity contribution in [3.63, 3.8) is 0 Å². The highest BCUT2D eigenvalue weighted by atomic mass is 14.9. The van der Waals surface area contributed by atoms with Gasteiger partial charge in [0.15, 0.2) is 0 Å². The number of hydrogen-bond donors (Lipinski definition) is 0. The first-order chi connectivity index (χ1) is 14.2. The van der Waals surface area contributed by atoms with Crippen molar-refractivity contribution < 1.29 is 0 Å². The molecule has 0 bridgehead atoms. The topological polar surface area (TPSA) is 17.3 Å². The molecular weight excluding hydrogens is 352 g/mol. The van der Waals surface area contributed by atoms with Crippen LogP contribution in [0.3, 0.4) is 0 Å². The van der Waals surface area contributed by atoms with Crippen molar-refractivity contribution in [3.05, 3.63) is 84.1 Å². The number of rotatable bonds is 0. The number of hydrogen-bond acceptors (Lipinski definition) is 1. The highest BCUT2D eigenvalue weighted by molar-refractivity contribution is 6.28. The molecule has 3 heterocycles. The largest absolute Gasteiger partial charge is 0.308 e. The Balaban J connectivity index is 1.93. The second-order valence-corrected chi connectivity index (χ2v) is 8.22. The summed E-state index contributed by atoms with van der Waals surface area (Å²) in [6.45, 7) is 4.40. The predicted octanol–water partition coefficient (Wildman–Crippen LogP) is 7.15. The van der Waals surface area contributed by atoms with Gasteiger partial charge in [0.25, 0.3) is 0 Å². The maximum Gasteiger partial charge on any atom is 0.0822 e. The molecule has 7 aromatic rings. The monoisotopic (exact) mass is 370 g/mol. The number of pyridine rings is 2. The highest BCUT2D eigenvalue weighted by Gasteiger charge is 2.19. The average molecular weight is 370 g/mol. The van der Waals surface area contributed by atoms with Crippen molar-refractivity contribution in [3.8, 4) is 0 Å². The lowest BCUT2D eigenvalue weighted by molar-refractivity contribution is 1.31. The van der Waals surface area contributed by atoms with E-state index in [2.05, 4.69) is 85.0 Å². The van der Waals surface area contributed by atoms with E-state index in [4.69, 9.17) is 4.98 Å². The van der Waals surface area contributed by atoms with Gasteiger partial charge in [-0.25, -0.2) is 0 Å². The molecule has 2 nitrogen and oxygen atoms in total. The van der Waals surface area contributed by atoms with E-state index < -0.39 is 0 Å². The molecule has 0 aliphatic rings. The normalized spacial score (nSPS) is 12.5. The first-order valence-electron chi connectivity index (χ1n) is 10.1. The highest BCUT2D eigenvalue weighted by Crippen LogP contribution is 2.41. The van der Waals surface area contributed by atoms with Gasteiger partial charge >= 0.3 is 0 Å². The first-order valence-corrected chi connectivity index (χ1v) is 10.1. The van der Waals surface area contributed by atoms with Crippen LogP contribution in [0.2, 0.25) is 0 Å². The van der Waals surface area contributed by atoms with E-state index in [0.29, 0.717) is 0 Å². The van der Waals surface area contributed by atoms with Crippen molar-refractivity contribution in [2.75, 3.05) is 0 Å². The smallest absolute Gasteiger partial charge is 0.0822 e. The fraction of sp³-hybridized carbons (Fsp3) is 0.0741. The van der Waals surface area contributed by atoms with Crippen LogP contribution in [0, 0.1) is 13.8 Å². The number of aryl methyl sites for hydroxylation is 2. The van der Waals surface area contributed by atoms with E-state index in [0.717, 1.165) is 5.52 Å². The molecule has 136 valence electrons. The Labute approximate surface area is 167 Å². The molecule has 0 aliphatic carbocycles. The average Bonchev–Trinajstić information content (AvgIpc) is 3.06. The van der Waals surface area contributed by atoms with Crippen LogP contribution in [0.25, 0.3) is 59.8 Å². The molecule has 0 unspecified atom stereocenters. The molecular formula is C27H18N2. The van der Waals surface area contributed by atoms with E-state index >= 15 is 0 Å². The standard InChI is InChI=1S/C27H18N2/c1-15-11-21-20-8-7-17-9-10-28-26-22-13-18-5-3-4-6-19(18)14-24(22)29(27(20)25(17)26)23(21)12-16(15)2/h3-14H,1-2H3. The molecule has 0 spiro atoms. The summed E-state index contributed by atoms with van der Waals surface area (Å²) in [5, 5.41) is 8.87. The van der Waals surface area contributed by atoms with Gasteiger partial charge in [-0.2, -0.15) is 0 Å². The minimum atomic E-state index is 1.10. The number of aromatic nitrogens is 2. The van der Waals surface area contributed by atoms with Gasteiger partial charge < -0.3 is 4.40 Å². The Kier molecular flexibility index (Phi) is 2.66. The second-order valence-electron chi connectivity index (χ2n) is 8.22.